The van der Waals surface area contributed by atoms with E-state index < -0.39 is 0 Å². The van der Waals surface area contributed by atoms with Crippen molar-refractivity contribution in [3.05, 3.63) is 41.7 Å². The topological polar surface area (TPSA) is 111 Å². The molecule has 0 aliphatic heterocycles. The fourth-order valence-corrected chi connectivity index (χ4v) is 3.46. The summed E-state index contributed by atoms with van der Waals surface area (Å²) in [6, 6.07) is 7.47. The van der Waals surface area contributed by atoms with Gasteiger partial charge in [-0.3, -0.25) is 15.1 Å². The molecule has 0 aromatic carbocycles. The Balaban J connectivity index is 1.50. The number of carbonyl (C=O) groups excluding carboxylic acids is 1. The minimum Gasteiger partial charge on any atom is -0.300 e. The molecule has 4 heterocycles. The van der Waals surface area contributed by atoms with Crippen LogP contribution in [0.5, 0.6) is 0 Å². The van der Waals surface area contributed by atoms with Crippen LogP contribution >= 0.6 is 23.1 Å². The van der Waals surface area contributed by atoms with Crippen LogP contribution in [0.25, 0.3) is 16.9 Å². The van der Waals surface area contributed by atoms with Gasteiger partial charge in [0.25, 0.3) is 0 Å². The van der Waals surface area contributed by atoms with Crippen LogP contribution in [0.15, 0.2) is 41.8 Å². The second kappa shape index (κ2) is 7.14. The van der Waals surface area contributed by atoms with Gasteiger partial charge >= 0.3 is 0 Å². The molecule has 0 saturated heterocycles. The van der Waals surface area contributed by atoms with Gasteiger partial charge < -0.3 is 0 Å². The molecule has 0 saturated carbocycles. The molecular formula is C15H12N8OS2. The van der Waals surface area contributed by atoms with Crippen LogP contribution in [0.4, 0.5) is 5.13 Å². The summed E-state index contributed by atoms with van der Waals surface area (Å²) in [5.74, 6) is -0.0196. The first kappa shape index (κ1) is 16.5. The van der Waals surface area contributed by atoms with E-state index in [2.05, 4.69) is 35.8 Å². The number of fused-ring (bicyclic) bond motifs is 1. The Morgan fingerprint density at radius 2 is 2.00 bits per heavy atom. The Hall–Kier alpha value is -2.92. The lowest BCUT2D eigenvalue weighted by molar-refractivity contribution is -0.113. The molecule has 0 unspecified atom stereocenters. The number of hydrogen-bond acceptors (Lipinski definition) is 9. The van der Waals surface area contributed by atoms with Crippen LogP contribution in [0.1, 0.15) is 5.01 Å². The Bertz CT molecular complexity index is 1060. The highest BCUT2D eigenvalue weighted by Gasteiger charge is 2.13. The van der Waals surface area contributed by atoms with Gasteiger partial charge in [-0.2, -0.15) is 9.61 Å². The monoisotopic (exact) mass is 384 g/mol. The molecule has 11 heteroatoms. The Labute approximate surface area is 155 Å². The van der Waals surface area contributed by atoms with Gasteiger partial charge in [-0.15, -0.1) is 20.4 Å². The minimum absolute atomic E-state index is 0.167. The summed E-state index contributed by atoms with van der Waals surface area (Å²) in [4.78, 5) is 16.1. The second-order valence-electron chi connectivity index (χ2n) is 5.17. The highest BCUT2D eigenvalue weighted by atomic mass is 32.2. The lowest BCUT2D eigenvalue weighted by atomic mass is 10.2. The fourth-order valence-electron chi connectivity index (χ4n) is 2.17. The zero-order valence-electron chi connectivity index (χ0n) is 13.5. The van der Waals surface area contributed by atoms with E-state index in [1.165, 1.54) is 23.1 Å². The van der Waals surface area contributed by atoms with E-state index >= 15 is 0 Å². The number of anilines is 1. The molecule has 9 nitrogen and oxygen atoms in total. The van der Waals surface area contributed by atoms with Gasteiger partial charge in [0.2, 0.25) is 16.2 Å². The van der Waals surface area contributed by atoms with Crippen molar-refractivity contribution in [3.63, 3.8) is 0 Å². The zero-order valence-corrected chi connectivity index (χ0v) is 15.2. The number of nitrogens with zero attached hydrogens (tertiary/aromatic N) is 7. The molecule has 0 aliphatic rings. The Morgan fingerprint density at radius 1 is 1.15 bits per heavy atom. The van der Waals surface area contributed by atoms with Crippen molar-refractivity contribution in [2.45, 2.75) is 12.1 Å². The van der Waals surface area contributed by atoms with Crippen LogP contribution in [-0.2, 0) is 4.79 Å². The third kappa shape index (κ3) is 3.53. The molecule has 0 aliphatic carbocycles. The molecule has 1 N–H and O–H groups in total. The molecule has 26 heavy (non-hydrogen) atoms. The number of aryl methyl sites for hydroxylation is 1. The van der Waals surface area contributed by atoms with Crippen molar-refractivity contribution in [1.29, 1.82) is 0 Å². The quantitative estimate of drug-likeness (QED) is 0.521. The predicted octanol–water partition coefficient (Wildman–Crippen LogP) is 2.08. The zero-order chi connectivity index (χ0) is 17.9. The van der Waals surface area contributed by atoms with E-state index in [1.54, 1.807) is 16.9 Å². The highest BCUT2D eigenvalue weighted by Crippen LogP contribution is 2.21. The number of rotatable bonds is 5. The van der Waals surface area contributed by atoms with E-state index in [-0.39, 0.29) is 11.7 Å². The summed E-state index contributed by atoms with van der Waals surface area (Å²) >= 11 is 2.58. The SMILES string of the molecule is Cc1nnc(NC(=O)CSc2nnc3ccc(-c4ccncc4)nn23)s1. The predicted molar refractivity (Wildman–Crippen MR) is 98.0 cm³/mol. The molecule has 4 rings (SSSR count). The first-order valence-corrected chi connectivity index (χ1v) is 9.35. The van der Waals surface area contributed by atoms with Gasteiger partial charge in [-0.25, -0.2) is 0 Å². The number of hydrogen-bond donors (Lipinski definition) is 1. The number of carbonyl (C=O) groups is 1. The number of pyridine rings is 1. The van der Waals surface area contributed by atoms with Crippen LogP contribution in [-0.4, -0.2) is 46.7 Å². The van der Waals surface area contributed by atoms with Crippen LogP contribution in [0.3, 0.4) is 0 Å². The van der Waals surface area contributed by atoms with Gasteiger partial charge in [-0.05, 0) is 31.2 Å². The molecule has 130 valence electrons. The van der Waals surface area contributed by atoms with E-state index in [0.717, 1.165) is 16.3 Å². The summed E-state index contributed by atoms with van der Waals surface area (Å²) < 4.78 is 1.63. The largest absolute Gasteiger partial charge is 0.300 e. The third-order valence-electron chi connectivity index (χ3n) is 3.32. The summed E-state index contributed by atoms with van der Waals surface area (Å²) in [7, 11) is 0. The average Bonchev–Trinajstić information content (AvgIpc) is 3.26. The third-order valence-corrected chi connectivity index (χ3v) is 4.99. The van der Waals surface area contributed by atoms with E-state index in [9.17, 15) is 4.79 Å². The highest BCUT2D eigenvalue weighted by molar-refractivity contribution is 7.99. The minimum atomic E-state index is -0.187. The molecule has 4 aromatic heterocycles. The second-order valence-corrected chi connectivity index (χ2v) is 7.29. The maximum absolute atomic E-state index is 12.1. The van der Waals surface area contributed by atoms with Crippen LogP contribution in [0.2, 0.25) is 0 Å². The molecule has 1 amide bonds. The molecule has 4 aromatic rings. The van der Waals surface area contributed by atoms with Crippen molar-refractivity contribution in [2.75, 3.05) is 11.1 Å². The summed E-state index contributed by atoms with van der Waals surface area (Å²) in [6.07, 6.45) is 3.42. The van der Waals surface area contributed by atoms with Crippen molar-refractivity contribution in [3.8, 4) is 11.3 Å². The molecule has 0 spiro atoms. The van der Waals surface area contributed by atoms with Crippen molar-refractivity contribution in [1.82, 2.24) is 35.0 Å². The Kier molecular flexibility index (Phi) is 4.54. The molecule has 0 radical (unpaired) electrons. The van der Waals surface area contributed by atoms with E-state index in [0.29, 0.717) is 15.9 Å². The number of amides is 1. The average molecular weight is 384 g/mol. The summed E-state index contributed by atoms with van der Waals surface area (Å²) in [5, 5.41) is 25.0. The lowest BCUT2D eigenvalue weighted by Gasteiger charge is -2.03. The maximum atomic E-state index is 12.1. The smallest absolute Gasteiger partial charge is 0.236 e. The van der Waals surface area contributed by atoms with Crippen molar-refractivity contribution >= 4 is 39.8 Å². The van der Waals surface area contributed by atoms with Gasteiger partial charge in [0.1, 0.15) is 5.01 Å². The summed E-state index contributed by atoms with van der Waals surface area (Å²) in [6.45, 7) is 1.83. The number of aromatic nitrogens is 7. The van der Waals surface area contributed by atoms with Gasteiger partial charge in [0, 0.05) is 18.0 Å². The standard InChI is InChI=1S/C15H12N8OS2/c1-9-18-20-14(26-9)17-13(24)8-25-15-21-19-12-3-2-11(22-23(12)15)10-4-6-16-7-5-10/h2-7H,8H2,1H3,(H,17,20,24). The molecule has 0 fully saturated rings. The number of thioether (sulfide) groups is 1. The van der Waals surface area contributed by atoms with E-state index in [4.69, 9.17) is 0 Å². The maximum Gasteiger partial charge on any atom is 0.236 e. The normalized spacial score (nSPS) is 11.0. The van der Waals surface area contributed by atoms with Crippen LogP contribution < -0.4 is 5.32 Å². The van der Waals surface area contributed by atoms with Gasteiger partial charge in [0.15, 0.2) is 5.65 Å². The fraction of sp³-hybridized carbons (Fsp3) is 0.133. The lowest BCUT2D eigenvalue weighted by Crippen LogP contribution is -2.14. The van der Waals surface area contributed by atoms with Gasteiger partial charge in [-0.1, -0.05) is 23.1 Å². The number of nitrogens with one attached hydrogen (secondary N) is 1. The first-order chi connectivity index (χ1) is 12.7. The van der Waals surface area contributed by atoms with Crippen molar-refractivity contribution < 1.29 is 4.79 Å². The Morgan fingerprint density at radius 3 is 2.77 bits per heavy atom. The van der Waals surface area contributed by atoms with Gasteiger partial charge in [0.05, 0.1) is 11.4 Å². The molecule has 0 atom stereocenters. The van der Waals surface area contributed by atoms with E-state index in [1.807, 2.05) is 31.2 Å². The summed E-state index contributed by atoms with van der Waals surface area (Å²) in [5.41, 5.74) is 2.33. The molecule has 0 bridgehead atoms. The van der Waals surface area contributed by atoms with Crippen molar-refractivity contribution in [2.24, 2.45) is 0 Å². The first-order valence-electron chi connectivity index (χ1n) is 7.55. The molecular weight excluding hydrogens is 372 g/mol. The van der Waals surface area contributed by atoms with Crippen LogP contribution in [0, 0.1) is 6.92 Å².